The number of carbonyl (C=O) groups excluding carboxylic acids is 1. The fourth-order valence-electron chi connectivity index (χ4n) is 4.75. The molecule has 6 nitrogen and oxygen atoms in total. The van der Waals surface area contributed by atoms with Crippen molar-refractivity contribution in [2.24, 2.45) is 5.41 Å². The molecule has 0 radical (unpaired) electrons. The summed E-state index contributed by atoms with van der Waals surface area (Å²) in [4.78, 5) is 14.1. The van der Waals surface area contributed by atoms with Crippen LogP contribution in [0.25, 0.3) is 0 Å². The number of ether oxygens (including phenoxy) is 4. The average Bonchev–Trinajstić information content (AvgIpc) is 3.75. The van der Waals surface area contributed by atoms with Gasteiger partial charge in [-0.1, -0.05) is 0 Å². The van der Waals surface area contributed by atoms with E-state index in [0.29, 0.717) is 26.4 Å². The molecule has 2 atom stereocenters. The Balaban J connectivity index is 2.27. The number of hydrogen-bond donors (Lipinski definition) is 0. The summed E-state index contributed by atoms with van der Waals surface area (Å²) >= 11 is 0. The summed E-state index contributed by atoms with van der Waals surface area (Å²) in [5.74, 6) is -0.113. The van der Waals surface area contributed by atoms with E-state index in [4.69, 9.17) is 23.5 Å². The minimum atomic E-state index is -2.71. The van der Waals surface area contributed by atoms with E-state index in [0.717, 1.165) is 89.2 Å². The van der Waals surface area contributed by atoms with Gasteiger partial charge < -0.3 is 0 Å². The molecule has 0 N–H and O–H groups in total. The fraction of sp³-hybridized carbons (Fsp3) is 0.963. The van der Waals surface area contributed by atoms with Crippen LogP contribution in [0.5, 0.6) is 0 Å². The van der Waals surface area contributed by atoms with Gasteiger partial charge in [-0.2, -0.15) is 0 Å². The Morgan fingerprint density at radius 1 is 0.765 bits per heavy atom. The minimum absolute atomic E-state index is 0.113. The van der Waals surface area contributed by atoms with Crippen LogP contribution >= 0.6 is 6.83 Å². The topological polar surface area (TPSA) is 69.8 Å². The van der Waals surface area contributed by atoms with Crippen molar-refractivity contribution in [2.75, 3.05) is 64.3 Å². The number of rotatable bonds is 22. The van der Waals surface area contributed by atoms with Gasteiger partial charge in [-0.25, -0.2) is 0 Å². The first-order valence-electron chi connectivity index (χ1n) is 14.0. The van der Waals surface area contributed by atoms with Crippen LogP contribution in [0.1, 0.15) is 86.0 Å². The van der Waals surface area contributed by atoms with Crippen LogP contribution in [0.2, 0.25) is 0 Å². The van der Waals surface area contributed by atoms with Gasteiger partial charge in [0.2, 0.25) is 0 Å². The van der Waals surface area contributed by atoms with Crippen molar-refractivity contribution in [1.29, 1.82) is 0 Å². The van der Waals surface area contributed by atoms with Crippen LogP contribution in [0, 0.1) is 5.41 Å². The van der Waals surface area contributed by atoms with E-state index in [1.165, 1.54) is 0 Å². The Morgan fingerprint density at radius 2 is 1.12 bits per heavy atom. The molecule has 2 aliphatic rings. The molecule has 2 fully saturated rings. The van der Waals surface area contributed by atoms with Crippen LogP contribution in [-0.2, 0) is 28.3 Å². The molecule has 0 amide bonds. The van der Waals surface area contributed by atoms with E-state index < -0.39 is 12.2 Å². The molecule has 2 saturated heterocycles. The third-order valence-electron chi connectivity index (χ3n) is 7.40. The fourth-order valence-corrected chi connectivity index (χ4v) is 11.6. The number of epoxide rings is 2. The average molecular weight is 505 g/mol. The predicted octanol–water partition coefficient (Wildman–Crippen LogP) is 6.04. The molecule has 2 unspecified atom stereocenters. The molecule has 0 saturated carbocycles. The van der Waals surface area contributed by atoms with E-state index >= 15 is 0 Å². The second-order valence-corrected chi connectivity index (χ2v) is 16.7. The van der Waals surface area contributed by atoms with E-state index in [-0.39, 0.29) is 18.2 Å². The number of unbranched alkanes of at least 4 members (excludes halogenated alkanes) is 4. The summed E-state index contributed by atoms with van der Waals surface area (Å²) in [6, 6.07) is 0. The monoisotopic (exact) mass is 504 g/mol. The molecule has 0 aliphatic carbocycles. The second kappa shape index (κ2) is 14.5. The molecular formula is C27H53O6P. The molecule has 2 heterocycles. The van der Waals surface area contributed by atoms with Crippen molar-refractivity contribution in [3.8, 4) is 0 Å². The standard InChI is InChI=1S/C27H53O6P/c1-6-10-14-34(15-11-7-2,16-12-8-3,17-13-9-4)33-26(28)27(5,22-29-18-24-20-31-24)23-30-19-25-21-32-25/h24-25H,6-23H2,1-5H3. The summed E-state index contributed by atoms with van der Waals surface area (Å²) in [6.45, 7) is 11.4. The van der Waals surface area contributed by atoms with E-state index in [1.807, 2.05) is 6.92 Å². The third-order valence-corrected chi connectivity index (χ3v) is 13.9. The van der Waals surface area contributed by atoms with Crippen LogP contribution < -0.4 is 0 Å². The summed E-state index contributed by atoms with van der Waals surface area (Å²) in [5.41, 5.74) is -0.830. The molecule has 0 aromatic carbocycles. The molecule has 0 aromatic rings. The van der Waals surface area contributed by atoms with Crippen LogP contribution in [-0.4, -0.2) is 82.5 Å². The van der Waals surface area contributed by atoms with E-state index in [1.54, 1.807) is 0 Å². The summed E-state index contributed by atoms with van der Waals surface area (Å²) in [6.07, 6.45) is 13.6. The van der Waals surface area contributed by atoms with Crippen molar-refractivity contribution >= 4 is 12.8 Å². The Morgan fingerprint density at radius 3 is 1.41 bits per heavy atom. The zero-order valence-corrected chi connectivity index (χ0v) is 23.7. The summed E-state index contributed by atoms with van der Waals surface area (Å²) in [5, 5.41) is 0. The molecule has 0 spiro atoms. The molecular weight excluding hydrogens is 451 g/mol. The first-order valence-corrected chi connectivity index (χ1v) is 16.9. The van der Waals surface area contributed by atoms with Crippen molar-refractivity contribution in [2.45, 2.75) is 98.2 Å². The van der Waals surface area contributed by atoms with E-state index in [2.05, 4.69) is 27.7 Å². The zero-order valence-electron chi connectivity index (χ0n) is 22.8. The van der Waals surface area contributed by atoms with Crippen molar-refractivity contribution in [1.82, 2.24) is 0 Å². The maximum atomic E-state index is 14.1. The van der Waals surface area contributed by atoms with Crippen LogP contribution in [0.3, 0.4) is 0 Å². The molecule has 2 rings (SSSR count). The molecule has 0 aromatic heterocycles. The molecule has 34 heavy (non-hydrogen) atoms. The Kier molecular flexibility index (Phi) is 12.8. The molecule has 7 heteroatoms. The second-order valence-electron chi connectivity index (χ2n) is 11.0. The van der Waals surface area contributed by atoms with Gasteiger partial charge in [-0.15, -0.1) is 0 Å². The summed E-state index contributed by atoms with van der Waals surface area (Å²) < 4.78 is 29.5. The number of hydrogen-bond acceptors (Lipinski definition) is 6. The van der Waals surface area contributed by atoms with Gasteiger partial charge in [0.05, 0.1) is 0 Å². The zero-order chi connectivity index (χ0) is 24.9. The van der Waals surface area contributed by atoms with Crippen molar-refractivity contribution in [3.63, 3.8) is 0 Å². The summed E-state index contributed by atoms with van der Waals surface area (Å²) in [7, 11) is 0. The van der Waals surface area contributed by atoms with E-state index in [9.17, 15) is 4.79 Å². The first-order chi connectivity index (χ1) is 16.3. The van der Waals surface area contributed by atoms with Crippen molar-refractivity contribution < 1.29 is 28.3 Å². The quantitative estimate of drug-likeness (QED) is 0.132. The molecule has 0 bridgehead atoms. The van der Waals surface area contributed by atoms with Gasteiger partial charge in [-0.3, -0.25) is 0 Å². The Bertz CT molecular complexity index is 528. The van der Waals surface area contributed by atoms with Gasteiger partial charge in [0.1, 0.15) is 0 Å². The SMILES string of the molecule is CCCCP(CCCC)(CCCC)(CCCC)OC(=O)C(C)(COCC1CO1)COCC1CO1. The van der Waals surface area contributed by atoms with Gasteiger partial charge in [0.25, 0.3) is 0 Å². The van der Waals surface area contributed by atoms with Crippen molar-refractivity contribution in [3.05, 3.63) is 0 Å². The third kappa shape index (κ3) is 9.65. The Hall–Kier alpha value is -0.260. The van der Waals surface area contributed by atoms with Gasteiger partial charge in [-0.05, 0) is 0 Å². The Labute approximate surface area is 209 Å². The van der Waals surface area contributed by atoms with Gasteiger partial charge in [0.15, 0.2) is 0 Å². The maximum absolute atomic E-state index is 14.1. The van der Waals surface area contributed by atoms with Gasteiger partial charge in [0, 0.05) is 0 Å². The normalized spacial score (nSPS) is 22.6. The van der Waals surface area contributed by atoms with Gasteiger partial charge >= 0.3 is 209 Å². The predicted molar refractivity (Wildman–Crippen MR) is 141 cm³/mol. The molecule has 202 valence electrons. The van der Waals surface area contributed by atoms with Crippen LogP contribution in [0.4, 0.5) is 0 Å². The number of carbonyl (C=O) groups is 1. The first kappa shape index (κ1) is 30.0. The van der Waals surface area contributed by atoms with Crippen LogP contribution in [0.15, 0.2) is 0 Å². The molecule has 2 aliphatic heterocycles.